The van der Waals surface area contributed by atoms with Crippen LogP contribution in [0.3, 0.4) is 0 Å². The Bertz CT molecular complexity index is 540. The van der Waals surface area contributed by atoms with E-state index in [4.69, 9.17) is 9.47 Å². The summed E-state index contributed by atoms with van der Waals surface area (Å²) >= 11 is 0. The molecule has 4 heteroatoms. The highest BCUT2D eigenvalue weighted by Crippen LogP contribution is 2.22. The Morgan fingerprint density at radius 2 is 1.85 bits per heavy atom. The number of aliphatic hydroxyl groups excluding tert-OH is 1. The molecule has 0 aliphatic rings. The molecule has 0 amide bonds. The van der Waals surface area contributed by atoms with Crippen molar-refractivity contribution in [3.05, 3.63) is 59.9 Å². The van der Waals surface area contributed by atoms with Crippen LogP contribution < -0.4 is 9.47 Å². The fourth-order valence-corrected chi connectivity index (χ4v) is 1.88. The van der Waals surface area contributed by atoms with Gasteiger partial charge in [0.1, 0.15) is 17.3 Å². The van der Waals surface area contributed by atoms with E-state index >= 15 is 0 Å². The summed E-state index contributed by atoms with van der Waals surface area (Å²) in [5.41, 5.74) is 0.939. The predicted molar refractivity (Wildman–Crippen MR) is 74.7 cm³/mol. The van der Waals surface area contributed by atoms with Gasteiger partial charge in [-0.1, -0.05) is 12.1 Å². The van der Waals surface area contributed by atoms with E-state index in [2.05, 4.69) is 0 Å². The van der Waals surface area contributed by atoms with Gasteiger partial charge in [-0.2, -0.15) is 0 Å². The summed E-state index contributed by atoms with van der Waals surface area (Å²) in [6.45, 7) is 0.281. The number of halogens is 1. The molecule has 1 unspecified atom stereocenters. The first-order valence-corrected chi connectivity index (χ1v) is 6.36. The molecule has 0 aromatic heterocycles. The zero-order chi connectivity index (χ0) is 14.4. The van der Waals surface area contributed by atoms with Crippen molar-refractivity contribution in [1.82, 2.24) is 0 Å². The van der Waals surface area contributed by atoms with Gasteiger partial charge in [-0.15, -0.1) is 0 Å². The monoisotopic (exact) mass is 276 g/mol. The maximum atomic E-state index is 12.8. The average molecular weight is 276 g/mol. The minimum absolute atomic E-state index is 0.0334. The second-order valence-corrected chi connectivity index (χ2v) is 4.42. The van der Waals surface area contributed by atoms with Gasteiger partial charge in [-0.25, -0.2) is 4.39 Å². The molecule has 0 saturated carbocycles. The van der Waals surface area contributed by atoms with E-state index in [1.165, 1.54) is 12.1 Å². The highest BCUT2D eigenvalue weighted by molar-refractivity contribution is 5.31. The molecule has 0 bridgehead atoms. The average Bonchev–Trinajstić information content (AvgIpc) is 2.50. The lowest BCUT2D eigenvalue weighted by atomic mass is 10.0. The van der Waals surface area contributed by atoms with Gasteiger partial charge < -0.3 is 14.6 Å². The third kappa shape index (κ3) is 3.71. The number of methoxy groups -OCH3 is 1. The Morgan fingerprint density at radius 3 is 2.50 bits per heavy atom. The first-order valence-electron chi connectivity index (χ1n) is 6.36. The van der Waals surface area contributed by atoms with Crippen molar-refractivity contribution in [3.8, 4) is 11.5 Å². The lowest BCUT2D eigenvalue weighted by molar-refractivity contribution is 0.205. The van der Waals surface area contributed by atoms with Crippen LogP contribution >= 0.6 is 0 Å². The number of hydrogen-bond acceptors (Lipinski definition) is 3. The van der Waals surface area contributed by atoms with Crippen LogP contribution in [0.25, 0.3) is 0 Å². The molecule has 0 aliphatic heterocycles. The quantitative estimate of drug-likeness (QED) is 0.881. The van der Waals surface area contributed by atoms with Crippen LogP contribution in [0.2, 0.25) is 0 Å². The highest BCUT2D eigenvalue weighted by Gasteiger charge is 2.12. The van der Waals surface area contributed by atoms with Crippen LogP contribution in [0.15, 0.2) is 48.5 Å². The van der Waals surface area contributed by atoms with E-state index in [1.54, 1.807) is 19.2 Å². The SMILES string of the molecule is COc1cccc(C(CO)COc2ccc(F)cc2)c1. The Hall–Kier alpha value is -2.07. The second kappa shape index (κ2) is 6.91. The Balaban J connectivity index is 2.03. The van der Waals surface area contributed by atoms with Gasteiger partial charge in [-0.05, 0) is 42.0 Å². The van der Waals surface area contributed by atoms with Gasteiger partial charge in [0.2, 0.25) is 0 Å². The minimum Gasteiger partial charge on any atom is -0.497 e. The molecule has 106 valence electrons. The van der Waals surface area contributed by atoms with Crippen molar-refractivity contribution >= 4 is 0 Å². The van der Waals surface area contributed by atoms with E-state index in [1.807, 2.05) is 24.3 Å². The Labute approximate surface area is 117 Å². The van der Waals surface area contributed by atoms with Gasteiger partial charge in [0.25, 0.3) is 0 Å². The number of ether oxygens (including phenoxy) is 2. The number of hydrogen-bond donors (Lipinski definition) is 1. The first-order chi connectivity index (χ1) is 9.72. The molecule has 3 nitrogen and oxygen atoms in total. The van der Waals surface area contributed by atoms with Gasteiger partial charge >= 0.3 is 0 Å². The summed E-state index contributed by atoms with van der Waals surface area (Å²) in [4.78, 5) is 0. The second-order valence-electron chi connectivity index (χ2n) is 4.42. The Morgan fingerprint density at radius 1 is 1.10 bits per heavy atom. The normalized spacial score (nSPS) is 11.9. The molecule has 2 rings (SSSR count). The maximum Gasteiger partial charge on any atom is 0.123 e. The molecule has 2 aromatic carbocycles. The molecule has 20 heavy (non-hydrogen) atoms. The van der Waals surface area contributed by atoms with Crippen molar-refractivity contribution in [2.24, 2.45) is 0 Å². The summed E-state index contributed by atoms with van der Waals surface area (Å²) in [6, 6.07) is 13.3. The zero-order valence-electron chi connectivity index (χ0n) is 11.3. The fourth-order valence-electron chi connectivity index (χ4n) is 1.88. The van der Waals surface area contributed by atoms with Gasteiger partial charge in [-0.3, -0.25) is 0 Å². The van der Waals surface area contributed by atoms with Crippen LogP contribution in [-0.4, -0.2) is 25.4 Å². The van der Waals surface area contributed by atoms with Crippen LogP contribution in [-0.2, 0) is 0 Å². The van der Waals surface area contributed by atoms with E-state index in [-0.39, 0.29) is 18.3 Å². The molecule has 2 aromatic rings. The van der Waals surface area contributed by atoms with Crippen molar-refractivity contribution in [2.45, 2.75) is 5.92 Å². The molecule has 0 aliphatic carbocycles. The van der Waals surface area contributed by atoms with E-state index in [0.717, 1.165) is 11.3 Å². The molecule has 0 saturated heterocycles. The summed E-state index contributed by atoms with van der Waals surface area (Å²) in [7, 11) is 1.60. The van der Waals surface area contributed by atoms with E-state index in [0.29, 0.717) is 12.4 Å². The maximum absolute atomic E-state index is 12.8. The predicted octanol–water partition coefficient (Wildman–Crippen LogP) is 2.99. The molecule has 0 fully saturated rings. The van der Waals surface area contributed by atoms with Crippen molar-refractivity contribution < 1.29 is 19.0 Å². The van der Waals surface area contributed by atoms with Crippen LogP contribution in [0, 0.1) is 5.82 Å². The van der Waals surface area contributed by atoms with Crippen LogP contribution in [0.1, 0.15) is 11.5 Å². The number of aliphatic hydroxyl groups is 1. The summed E-state index contributed by atoms with van der Waals surface area (Å²) in [5, 5.41) is 9.48. The summed E-state index contributed by atoms with van der Waals surface area (Å²) in [5.74, 6) is 0.856. The van der Waals surface area contributed by atoms with Crippen molar-refractivity contribution in [1.29, 1.82) is 0 Å². The summed E-state index contributed by atoms with van der Waals surface area (Å²) in [6.07, 6.45) is 0. The molecule has 0 radical (unpaired) electrons. The van der Waals surface area contributed by atoms with Crippen LogP contribution in [0.4, 0.5) is 4.39 Å². The van der Waals surface area contributed by atoms with E-state index < -0.39 is 0 Å². The fraction of sp³-hybridized carbons (Fsp3) is 0.250. The smallest absolute Gasteiger partial charge is 0.123 e. The molecular formula is C16H17FO3. The van der Waals surface area contributed by atoms with Crippen molar-refractivity contribution in [2.75, 3.05) is 20.3 Å². The molecule has 0 spiro atoms. The first kappa shape index (κ1) is 14.3. The van der Waals surface area contributed by atoms with Gasteiger partial charge in [0.15, 0.2) is 0 Å². The highest BCUT2D eigenvalue weighted by atomic mass is 19.1. The zero-order valence-corrected chi connectivity index (χ0v) is 11.3. The van der Waals surface area contributed by atoms with Crippen molar-refractivity contribution in [3.63, 3.8) is 0 Å². The van der Waals surface area contributed by atoms with Gasteiger partial charge in [0, 0.05) is 5.92 Å². The molecule has 0 heterocycles. The lowest BCUT2D eigenvalue weighted by Crippen LogP contribution is -2.14. The third-order valence-corrected chi connectivity index (χ3v) is 3.05. The molecule has 1 atom stereocenters. The molecular weight excluding hydrogens is 259 g/mol. The Kier molecular flexibility index (Phi) is 4.96. The standard InChI is InChI=1S/C16H17FO3/c1-19-16-4-2-3-12(9-16)13(10-18)11-20-15-7-5-14(17)6-8-15/h2-9,13,18H,10-11H2,1H3. The van der Waals surface area contributed by atoms with Crippen LogP contribution in [0.5, 0.6) is 11.5 Å². The number of benzene rings is 2. The third-order valence-electron chi connectivity index (χ3n) is 3.05. The topological polar surface area (TPSA) is 38.7 Å². The lowest BCUT2D eigenvalue weighted by Gasteiger charge is -2.16. The number of rotatable bonds is 6. The van der Waals surface area contributed by atoms with Gasteiger partial charge in [0.05, 0.1) is 20.3 Å². The van der Waals surface area contributed by atoms with E-state index in [9.17, 15) is 9.50 Å². The molecule has 1 N–H and O–H groups in total. The minimum atomic E-state index is -0.302. The summed E-state index contributed by atoms with van der Waals surface area (Å²) < 4.78 is 23.5. The largest absolute Gasteiger partial charge is 0.497 e.